The van der Waals surface area contributed by atoms with Gasteiger partial charge in [0.2, 0.25) is 5.91 Å². The van der Waals surface area contributed by atoms with Crippen molar-refractivity contribution in [2.24, 2.45) is 5.73 Å². The van der Waals surface area contributed by atoms with E-state index in [1.54, 1.807) is 24.3 Å². The Kier molecular flexibility index (Phi) is 7.01. The number of rotatable bonds is 8. The fourth-order valence-corrected chi connectivity index (χ4v) is 2.39. The number of benzene rings is 2. The van der Waals surface area contributed by atoms with Crippen LogP contribution < -0.4 is 30.6 Å². The molecular weight excluding hydrogens is 350 g/mol. The maximum Gasteiger partial charge on any atom is 0.255 e. The number of carbonyl (C=O) groups excluding carboxylic acids is 2. The van der Waals surface area contributed by atoms with Gasteiger partial charge in [0.15, 0.2) is 11.5 Å². The summed E-state index contributed by atoms with van der Waals surface area (Å²) in [4.78, 5) is 24.0. The molecule has 8 nitrogen and oxygen atoms in total. The summed E-state index contributed by atoms with van der Waals surface area (Å²) < 4.78 is 15.9. The molecule has 2 rings (SSSR count). The molecule has 27 heavy (non-hydrogen) atoms. The zero-order valence-corrected chi connectivity index (χ0v) is 15.5. The highest BCUT2D eigenvalue weighted by Crippen LogP contribution is 2.36. The van der Waals surface area contributed by atoms with Crippen molar-refractivity contribution in [1.29, 1.82) is 0 Å². The van der Waals surface area contributed by atoms with Gasteiger partial charge in [0.25, 0.3) is 5.91 Å². The van der Waals surface area contributed by atoms with Crippen LogP contribution in [-0.2, 0) is 4.79 Å². The lowest BCUT2D eigenvalue weighted by atomic mass is 10.1. The van der Waals surface area contributed by atoms with Gasteiger partial charge in [0.05, 0.1) is 19.9 Å². The fourth-order valence-electron chi connectivity index (χ4n) is 2.39. The maximum absolute atomic E-state index is 12.6. The first-order valence-electron chi connectivity index (χ1n) is 8.26. The molecule has 2 amide bonds. The van der Waals surface area contributed by atoms with E-state index >= 15 is 0 Å². The van der Waals surface area contributed by atoms with E-state index in [4.69, 9.17) is 19.9 Å². The molecule has 0 unspecified atom stereocenters. The second-order valence-electron chi connectivity index (χ2n) is 5.56. The Morgan fingerprint density at radius 1 is 1.04 bits per heavy atom. The van der Waals surface area contributed by atoms with E-state index in [-0.39, 0.29) is 11.8 Å². The number of hydrogen-bond acceptors (Lipinski definition) is 6. The molecule has 0 aliphatic heterocycles. The third kappa shape index (κ3) is 5.35. The molecule has 0 saturated heterocycles. The van der Waals surface area contributed by atoms with E-state index in [1.807, 2.05) is 0 Å². The quantitative estimate of drug-likeness (QED) is 0.654. The standard InChI is InChI=1S/C19H23N3O5/c1-12(23)21-16-10-13(11-17(25-2)18(16)26-3)19(24)22-14-4-6-15(7-5-14)27-9-8-20/h4-7,10-11H,8-9,20H2,1-3H3,(H,21,23)(H,22,24). The normalized spacial score (nSPS) is 10.1. The Morgan fingerprint density at radius 3 is 2.30 bits per heavy atom. The van der Waals surface area contributed by atoms with Crippen LogP contribution in [0.1, 0.15) is 17.3 Å². The van der Waals surface area contributed by atoms with Crippen molar-refractivity contribution in [3.63, 3.8) is 0 Å². The van der Waals surface area contributed by atoms with E-state index in [0.717, 1.165) is 0 Å². The van der Waals surface area contributed by atoms with Crippen LogP contribution in [0.5, 0.6) is 17.2 Å². The molecule has 0 spiro atoms. The highest BCUT2D eigenvalue weighted by molar-refractivity contribution is 6.06. The number of nitrogens with one attached hydrogen (secondary N) is 2. The van der Waals surface area contributed by atoms with E-state index in [1.165, 1.54) is 33.3 Å². The van der Waals surface area contributed by atoms with Crippen molar-refractivity contribution in [1.82, 2.24) is 0 Å². The van der Waals surface area contributed by atoms with Crippen LogP contribution in [0, 0.1) is 0 Å². The molecule has 0 fully saturated rings. The first-order chi connectivity index (χ1) is 13.0. The van der Waals surface area contributed by atoms with Crippen LogP contribution in [0.15, 0.2) is 36.4 Å². The van der Waals surface area contributed by atoms with Crippen LogP contribution in [0.2, 0.25) is 0 Å². The van der Waals surface area contributed by atoms with Gasteiger partial charge in [-0.25, -0.2) is 0 Å². The smallest absolute Gasteiger partial charge is 0.255 e. The molecule has 2 aromatic carbocycles. The molecule has 0 bridgehead atoms. The van der Waals surface area contributed by atoms with Crippen LogP contribution in [0.4, 0.5) is 11.4 Å². The molecular formula is C19H23N3O5. The van der Waals surface area contributed by atoms with Gasteiger partial charge in [-0.05, 0) is 36.4 Å². The second-order valence-corrected chi connectivity index (χ2v) is 5.56. The minimum Gasteiger partial charge on any atom is -0.493 e. The summed E-state index contributed by atoms with van der Waals surface area (Å²) in [6.07, 6.45) is 0. The Balaban J connectivity index is 2.23. The minimum atomic E-state index is -0.363. The average molecular weight is 373 g/mol. The molecule has 144 valence electrons. The summed E-state index contributed by atoms with van der Waals surface area (Å²) in [6.45, 7) is 2.21. The zero-order chi connectivity index (χ0) is 19.8. The molecule has 0 aliphatic rings. The first kappa shape index (κ1) is 20.1. The van der Waals surface area contributed by atoms with Crippen LogP contribution in [0.25, 0.3) is 0 Å². The topological polar surface area (TPSA) is 112 Å². The minimum absolute atomic E-state index is 0.291. The summed E-state index contributed by atoms with van der Waals surface area (Å²) >= 11 is 0. The molecule has 0 aliphatic carbocycles. The van der Waals surface area contributed by atoms with Gasteiger partial charge in [-0.15, -0.1) is 0 Å². The van der Waals surface area contributed by atoms with Gasteiger partial charge in [0.1, 0.15) is 12.4 Å². The van der Waals surface area contributed by atoms with Gasteiger partial charge >= 0.3 is 0 Å². The number of hydrogen-bond donors (Lipinski definition) is 3. The lowest BCUT2D eigenvalue weighted by Gasteiger charge is -2.15. The molecule has 4 N–H and O–H groups in total. The summed E-state index contributed by atoms with van der Waals surface area (Å²) in [7, 11) is 2.91. The molecule has 0 heterocycles. The van der Waals surface area contributed by atoms with Crippen molar-refractivity contribution in [3.05, 3.63) is 42.0 Å². The Morgan fingerprint density at radius 2 is 1.74 bits per heavy atom. The first-order valence-corrected chi connectivity index (χ1v) is 8.26. The maximum atomic E-state index is 12.6. The van der Waals surface area contributed by atoms with E-state index < -0.39 is 0 Å². The highest BCUT2D eigenvalue weighted by Gasteiger charge is 2.17. The van der Waals surface area contributed by atoms with Crippen molar-refractivity contribution in [2.75, 3.05) is 38.0 Å². The number of anilines is 2. The predicted octanol–water partition coefficient (Wildman–Crippen LogP) is 2.25. The summed E-state index contributed by atoms with van der Waals surface area (Å²) in [5.74, 6) is 0.682. The van der Waals surface area contributed by atoms with Crippen molar-refractivity contribution < 1.29 is 23.8 Å². The van der Waals surface area contributed by atoms with Crippen molar-refractivity contribution in [3.8, 4) is 17.2 Å². The monoisotopic (exact) mass is 373 g/mol. The van der Waals surface area contributed by atoms with Crippen LogP contribution >= 0.6 is 0 Å². The summed E-state index contributed by atoms with van der Waals surface area (Å²) in [5.41, 5.74) is 6.64. The predicted molar refractivity (Wildman–Crippen MR) is 103 cm³/mol. The third-order valence-corrected chi connectivity index (χ3v) is 3.55. The fraction of sp³-hybridized carbons (Fsp3) is 0.263. The Bertz CT molecular complexity index is 806. The third-order valence-electron chi connectivity index (χ3n) is 3.55. The van der Waals surface area contributed by atoms with Crippen LogP contribution in [0.3, 0.4) is 0 Å². The van der Waals surface area contributed by atoms with Crippen molar-refractivity contribution in [2.45, 2.75) is 6.92 Å². The number of ether oxygens (including phenoxy) is 3. The lowest BCUT2D eigenvalue weighted by molar-refractivity contribution is -0.114. The highest BCUT2D eigenvalue weighted by atomic mass is 16.5. The Hall–Kier alpha value is -3.26. The molecule has 0 saturated carbocycles. The number of nitrogens with two attached hydrogens (primary N) is 1. The summed E-state index contributed by atoms with van der Waals surface area (Å²) in [5, 5.41) is 5.42. The average Bonchev–Trinajstić information content (AvgIpc) is 2.66. The van der Waals surface area contributed by atoms with Gasteiger partial charge in [-0.1, -0.05) is 0 Å². The van der Waals surface area contributed by atoms with Crippen LogP contribution in [-0.4, -0.2) is 39.2 Å². The SMILES string of the molecule is COc1cc(C(=O)Nc2ccc(OCCN)cc2)cc(NC(C)=O)c1OC. The molecule has 0 atom stereocenters. The summed E-state index contributed by atoms with van der Waals surface area (Å²) in [6, 6.07) is 9.98. The lowest BCUT2D eigenvalue weighted by Crippen LogP contribution is -2.14. The van der Waals surface area contributed by atoms with E-state index in [0.29, 0.717) is 47.3 Å². The van der Waals surface area contributed by atoms with Gasteiger partial charge in [-0.2, -0.15) is 0 Å². The molecule has 0 aromatic heterocycles. The largest absolute Gasteiger partial charge is 0.493 e. The molecule has 8 heteroatoms. The number of methoxy groups -OCH3 is 2. The van der Waals surface area contributed by atoms with E-state index in [9.17, 15) is 9.59 Å². The van der Waals surface area contributed by atoms with Gasteiger partial charge in [-0.3, -0.25) is 9.59 Å². The Labute approximate surface area is 157 Å². The van der Waals surface area contributed by atoms with Gasteiger partial charge in [0, 0.05) is 24.7 Å². The van der Waals surface area contributed by atoms with E-state index in [2.05, 4.69) is 10.6 Å². The van der Waals surface area contributed by atoms with Gasteiger partial charge < -0.3 is 30.6 Å². The zero-order valence-electron chi connectivity index (χ0n) is 15.5. The van der Waals surface area contributed by atoms with Crippen molar-refractivity contribution >= 4 is 23.2 Å². The number of carbonyl (C=O) groups is 2. The second kappa shape index (κ2) is 9.44. The number of amides is 2. The molecule has 0 radical (unpaired) electrons. The molecule has 2 aromatic rings.